The molecule has 0 aliphatic rings. The van der Waals surface area contributed by atoms with Crippen molar-refractivity contribution in [3.05, 3.63) is 46.3 Å². The van der Waals surface area contributed by atoms with Crippen molar-refractivity contribution in [2.75, 3.05) is 5.73 Å². The van der Waals surface area contributed by atoms with E-state index in [4.69, 9.17) is 5.73 Å². The minimum atomic E-state index is -0.845. The van der Waals surface area contributed by atoms with E-state index in [1.54, 1.807) is 23.6 Å². The zero-order valence-electron chi connectivity index (χ0n) is 9.05. The maximum absolute atomic E-state index is 10.4. The molecule has 0 saturated carbocycles. The Hall–Kier alpha value is -1.39. The molecule has 0 aromatic carbocycles. The first-order valence-electron chi connectivity index (χ1n) is 5.05. The van der Waals surface area contributed by atoms with Crippen LogP contribution >= 0.6 is 11.3 Å². The molecule has 0 saturated heterocycles. The summed E-state index contributed by atoms with van der Waals surface area (Å²) < 4.78 is 0. The van der Waals surface area contributed by atoms with E-state index in [9.17, 15) is 5.11 Å². The number of anilines is 1. The number of nitrogens with zero attached hydrogens (tertiary/aromatic N) is 1. The molecule has 0 aliphatic heterocycles. The Bertz CT molecular complexity index is 466. The Balaban J connectivity index is 2.21. The third-order valence-corrected chi connectivity index (χ3v) is 3.57. The molecule has 3 N–H and O–H groups in total. The van der Waals surface area contributed by atoms with Crippen molar-refractivity contribution in [3.63, 3.8) is 0 Å². The molecule has 0 amide bonds. The van der Waals surface area contributed by atoms with Gasteiger partial charge in [-0.05, 0) is 36.1 Å². The number of pyridine rings is 1. The van der Waals surface area contributed by atoms with Gasteiger partial charge in [-0.2, -0.15) is 0 Å². The Kier molecular flexibility index (Phi) is 2.94. The lowest BCUT2D eigenvalue weighted by molar-refractivity contribution is 0.0615. The van der Waals surface area contributed by atoms with E-state index in [-0.39, 0.29) is 0 Å². The minimum absolute atomic E-state index is 0.486. The molecule has 0 aliphatic carbocycles. The van der Waals surface area contributed by atoms with Gasteiger partial charge in [0, 0.05) is 17.5 Å². The normalized spacial score (nSPS) is 14.6. The van der Waals surface area contributed by atoms with Crippen LogP contribution in [0.25, 0.3) is 0 Å². The van der Waals surface area contributed by atoms with Gasteiger partial charge in [0.15, 0.2) is 0 Å². The molecule has 1 unspecified atom stereocenters. The van der Waals surface area contributed by atoms with Crippen LogP contribution in [0.4, 0.5) is 5.82 Å². The quantitative estimate of drug-likeness (QED) is 0.855. The fourth-order valence-corrected chi connectivity index (χ4v) is 2.46. The Morgan fingerprint density at radius 3 is 2.94 bits per heavy atom. The zero-order chi connectivity index (χ0) is 11.6. The van der Waals surface area contributed by atoms with Gasteiger partial charge in [0.05, 0.1) is 5.60 Å². The molecular formula is C12H14N2OS. The number of thiophene rings is 1. The van der Waals surface area contributed by atoms with Gasteiger partial charge >= 0.3 is 0 Å². The first kappa shape index (κ1) is 11.1. The number of hydrogen-bond donors (Lipinski definition) is 2. The molecule has 3 nitrogen and oxygen atoms in total. The summed E-state index contributed by atoms with van der Waals surface area (Å²) in [5, 5.41) is 12.3. The van der Waals surface area contributed by atoms with Crippen molar-refractivity contribution in [3.8, 4) is 0 Å². The SMILES string of the molecule is CC(O)(Cc1ccnc(N)c1)c1cccs1. The van der Waals surface area contributed by atoms with Crippen molar-refractivity contribution < 1.29 is 5.11 Å². The van der Waals surface area contributed by atoms with Crippen LogP contribution in [-0.2, 0) is 12.0 Å². The average molecular weight is 234 g/mol. The Morgan fingerprint density at radius 2 is 2.31 bits per heavy atom. The molecule has 2 heterocycles. The van der Waals surface area contributed by atoms with Gasteiger partial charge in [0.1, 0.15) is 5.82 Å². The molecule has 16 heavy (non-hydrogen) atoms. The summed E-state index contributed by atoms with van der Waals surface area (Å²) in [5.41, 5.74) is 5.75. The van der Waals surface area contributed by atoms with Crippen LogP contribution in [0.1, 0.15) is 17.4 Å². The second-order valence-corrected chi connectivity index (χ2v) is 4.96. The smallest absolute Gasteiger partial charge is 0.123 e. The lowest BCUT2D eigenvalue weighted by Gasteiger charge is -2.21. The third kappa shape index (κ3) is 2.40. The van der Waals surface area contributed by atoms with Crippen LogP contribution in [0.3, 0.4) is 0 Å². The maximum atomic E-state index is 10.4. The molecule has 0 fully saturated rings. The topological polar surface area (TPSA) is 59.1 Å². The van der Waals surface area contributed by atoms with Gasteiger partial charge in [-0.1, -0.05) is 6.07 Å². The lowest BCUT2D eigenvalue weighted by atomic mass is 9.95. The standard InChI is InChI=1S/C12H14N2OS/c1-12(15,10-3-2-6-16-10)8-9-4-5-14-11(13)7-9/h2-7,15H,8H2,1H3,(H2,13,14). The van der Waals surface area contributed by atoms with Crippen LogP contribution < -0.4 is 5.73 Å². The maximum Gasteiger partial charge on any atom is 0.123 e. The largest absolute Gasteiger partial charge is 0.384 e. The van der Waals surface area contributed by atoms with Crippen LogP contribution in [0.2, 0.25) is 0 Å². The lowest BCUT2D eigenvalue weighted by Crippen LogP contribution is -2.22. The number of rotatable bonds is 3. The molecule has 84 valence electrons. The molecule has 1 atom stereocenters. The highest BCUT2D eigenvalue weighted by Crippen LogP contribution is 2.28. The number of aliphatic hydroxyl groups is 1. The molecule has 4 heteroatoms. The number of nitrogens with two attached hydrogens (primary N) is 1. The van der Waals surface area contributed by atoms with Crippen LogP contribution in [-0.4, -0.2) is 10.1 Å². The van der Waals surface area contributed by atoms with Crippen molar-refractivity contribution >= 4 is 17.2 Å². The number of aromatic nitrogens is 1. The predicted molar refractivity (Wildman–Crippen MR) is 66.2 cm³/mol. The van der Waals surface area contributed by atoms with Crippen molar-refractivity contribution in [2.45, 2.75) is 18.9 Å². The highest BCUT2D eigenvalue weighted by atomic mass is 32.1. The minimum Gasteiger partial charge on any atom is -0.384 e. The van der Waals surface area contributed by atoms with Gasteiger partial charge < -0.3 is 10.8 Å². The molecule has 0 radical (unpaired) electrons. The summed E-state index contributed by atoms with van der Waals surface area (Å²) in [6.45, 7) is 1.81. The molecule has 0 bridgehead atoms. The van der Waals surface area contributed by atoms with E-state index < -0.39 is 5.60 Å². The van der Waals surface area contributed by atoms with Gasteiger partial charge in [-0.15, -0.1) is 11.3 Å². The fourth-order valence-electron chi connectivity index (χ4n) is 1.67. The van der Waals surface area contributed by atoms with Gasteiger partial charge in [0.25, 0.3) is 0 Å². The molecular weight excluding hydrogens is 220 g/mol. The average Bonchev–Trinajstić information content (AvgIpc) is 2.69. The summed E-state index contributed by atoms with van der Waals surface area (Å²) in [4.78, 5) is 4.89. The van der Waals surface area contributed by atoms with E-state index in [1.165, 1.54) is 0 Å². The number of nitrogen functional groups attached to an aromatic ring is 1. The summed E-state index contributed by atoms with van der Waals surface area (Å²) >= 11 is 1.56. The summed E-state index contributed by atoms with van der Waals surface area (Å²) in [7, 11) is 0. The van der Waals surface area contributed by atoms with E-state index in [2.05, 4.69) is 4.98 Å². The Morgan fingerprint density at radius 1 is 1.50 bits per heavy atom. The summed E-state index contributed by atoms with van der Waals surface area (Å²) in [5.74, 6) is 0.486. The van der Waals surface area contributed by atoms with Crippen LogP contribution in [0.5, 0.6) is 0 Å². The van der Waals surface area contributed by atoms with Gasteiger partial charge in [-0.3, -0.25) is 0 Å². The first-order chi connectivity index (χ1) is 7.58. The summed E-state index contributed by atoms with van der Waals surface area (Å²) in [6, 6.07) is 7.55. The highest BCUT2D eigenvalue weighted by molar-refractivity contribution is 7.10. The second kappa shape index (κ2) is 4.23. The van der Waals surface area contributed by atoms with Crippen molar-refractivity contribution in [2.24, 2.45) is 0 Å². The van der Waals surface area contributed by atoms with Crippen LogP contribution in [0.15, 0.2) is 35.8 Å². The third-order valence-electron chi connectivity index (χ3n) is 2.45. The van der Waals surface area contributed by atoms with Crippen LogP contribution in [0, 0.1) is 0 Å². The van der Waals surface area contributed by atoms with Crippen molar-refractivity contribution in [1.29, 1.82) is 0 Å². The van der Waals surface area contributed by atoms with Gasteiger partial charge in [-0.25, -0.2) is 4.98 Å². The zero-order valence-corrected chi connectivity index (χ0v) is 9.87. The number of hydrogen-bond acceptors (Lipinski definition) is 4. The van der Waals surface area contributed by atoms with E-state index in [1.807, 2.05) is 30.5 Å². The van der Waals surface area contributed by atoms with Gasteiger partial charge in [0.2, 0.25) is 0 Å². The van der Waals surface area contributed by atoms with E-state index in [0.717, 1.165) is 10.4 Å². The molecule has 2 aromatic rings. The molecule has 2 aromatic heterocycles. The fraction of sp³-hybridized carbons (Fsp3) is 0.250. The van der Waals surface area contributed by atoms with Crippen molar-refractivity contribution in [1.82, 2.24) is 4.98 Å². The summed E-state index contributed by atoms with van der Waals surface area (Å²) in [6.07, 6.45) is 2.20. The predicted octanol–water partition coefficient (Wildman–Crippen LogP) is 2.18. The molecule has 0 spiro atoms. The van der Waals surface area contributed by atoms with E-state index >= 15 is 0 Å². The Labute approximate surface area is 98.6 Å². The monoisotopic (exact) mass is 234 g/mol. The highest BCUT2D eigenvalue weighted by Gasteiger charge is 2.24. The van der Waals surface area contributed by atoms with E-state index in [0.29, 0.717) is 12.2 Å². The molecule has 2 rings (SSSR count). The second-order valence-electron chi connectivity index (χ2n) is 4.02. The first-order valence-corrected chi connectivity index (χ1v) is 5.93.